The average Bonchev–Trinajstić information content (AvgIpc) is 3.26. The fourth-order valence-corrected chi connectivity index (χ4v) is 5.48. The Kier molecular flexibility index (Phi) is 8.13. The predicted molar refractivity (Wildman–Crippen MR) is 144 cm³/mol. The molecule has 9 nitrogen and oxygen atoms in total. The van der Waals surface area contributed by atoms with Gasteiger partial charge in [-0.3, -0.25) is 14.4 Å². The van der Waals surface area contributed by atoms with Gasteiger partial charge >= 0.3 is 0 Å². The molecule has 0 saturated heterocycles. The van der Waals surface area contributed by atoms with Crippen molar-refractivity contribution in [3.8, 4) is 16.2 Å². The Labute approximate surface area is 223 Å². The molecule has 3 amide bonds. The van der Waals surface area contributed by atoms with Crippen molar-refractivity contribution in [3.05, 3.63) is 69.1 Å². The van der Waals surface area contributed by atoms with Crippen LogP contribution in [0.4, 0.5) is 5.69 Å². The molecular weight excluding hydrogens is 516 g/mol. The van der Waals surface area contributed by atoms with Gasteiger partial charge < -0.3 is 24.7 Å². The number of nitrogens with zero attached hydrogens (tertiary/aromatic N) is 2. The van der Waals surface area contributed by atoms with Gasteiger partial charge in [0.05, 0.1) is 28.8 Å². The molecule has 1 aliphatic heterocycles. The summed E-state index contributed by atoms with van der Waals surface area (Å²) in [5, 5.41) is 2.96. The number of nitrogens with one attached hydrogen (secondary N) is 1. The van der Waals surface area contributed by atoms with Gasteiger partial charge in [0.15, 0.2) is 0 Å². The van der Waals surface area contributed by atoms with Gasteiger partial charge in [-0.15, -0.1) is 11.3 Å². The zero-order valence-corrected chi connectivity index (χ0v) is 22.2. The fourth-order valence-electron chi connectivity index (χ4n) is 4.02. The molecule has 0 aliphatic carbocycles. The second-order valence-electron chi connectivity index (χ2n) is 8.48. The van der Waals surface area contributed by atoms with Crippen LogP contribution in [0.5, 0.6) is 5.75 Å². The van der Waals surface area contributed by atoms with E-state index in [0.29, 0.717) is 52.0 Å². The highest BCUT2D eigenvalue weighted by Gasteiger charge is 2.25. The smallest absolute Gasteiger partial charge is 0.268 e. The summed E-state index contributed by atoms with van der Waals surface area (Å²) in [5.74, 6) is 4.97. The molecule has 0 fully saturated rings. The molecule has 37 heavy (non-hydrogen) atoms. The van der Waals surface area contributed by atoms with E-state index in [-0.39, 0.29) is 24.3 Å². The molecule has 0 bridgehead atoms. The normalized spacial score (nSPS) is 12.0. The SMILES string of the molecule is CNC(=O)c1ccc2c(c1)OCCc1cc(C(=O)N(C)c3cc(C(=O)N(C)CCON)ccc3Cl)sc1-2. The highest BCUT2D eigenvalue weighted by Crippen LogP contribution is 2.42. The van der Waals surface area contributed by atoms with Gasteiger partial charge in [-0.05, 0) is 48.0 Å². The van der Waals surface area contributed by atoms with E-state index in [4.69, 9.17) is 22.2 Å². The molecule has 1 aromatic heterocycles. The predicted octanol–water partition coefficient (Wildman–Crippen LogP) is 3.60. The Bertz CT molecular complexity index is 1360. The highest BCUT2D eigenvalue weighted by atomic mass is 35.5. The number of carbonyl (C=O) groups excluding carboxylic acids is 3. The second-order valence-corrected chi connectivity index (χ2v) is 9.94. The van der Waals surface area contributed by atoms with Crippen molar-refractivity contribution in [3.63, 3.8) is 0 Å². The number of hydrogen-bond donors (Lipinski definition) is 2. The lowest BCUT2D eigenvalue weighted by atomic mass is 10.0. The number of anilines is 1. The van der Waals surface area contributed by atoms with Crippen molar-refractivity contribution in [2.24, 2.45) is 5.90 Å². The van der Waals surface area contributed by atoms with E-state index < -0.39 is 0 Å². The third-order valence-corrected chi connectivity index (χ3v) is 7.63. The molecule has 0 spiro atoms. The third kappa shape index (κ3) is 5.47. The average molecular weight is 543 g/mol. The Morgan fingerprint density at radius 1 is 1.11 bits per heavy atom. The number of thiophene rings is 1. The second kappa shape index (κ2) is 11.3. The van der Waals surface area contributed by atoms with Gasteiger partial charge in [-0.2, -0.15) is 0 Å². The maximum Gasteiger partial charge on any atom is 0.268 e. The number of halogens is 1. The number of hydrogen-bond acceptors (Lipinski definition) is 7. The van der Waals surface area contributed by atoms with Crippen LogP contribution in [0.25, 0.3) is 10.4 Å². The molecule has 0 unspecified atom stereocenters. The van der Waals surface area contributed by atoms with Gasteiger partial charge in [0.25, 0.3) is 17.7 Å². The molecule has 0 atom stereocenters. The first-order valence-electron chi connectivity index (χ1n) is 11.5. The van der Waals surface area contributed by atoms with Gasteiger partial charge in [0, 0.05) is 55.7 Å². The zero-order chi connectivity index (χ0) is 26.7. The van der Waals surface area contributed by atoms with Gasteiger partial charge in [-0.25, -0.2) is 5.90 Å². The quantitative estimate of drug-likeness (QED) is 0.441. The van der Waals surface area contributed by atoms with Crippen LogP contribution in [0, 0.1) is 0 Å². The van der Waals surface area contributed by atoms with Crippen molar-refractivity contribution < 1.29 is 24.0 Å². The van der Waals surface area contributed by atoms with Crippen molar-refractivity contribution in [2.75, 3.05) is 45.8 Å². The minimum absolute atomic E-state index is 0.198. The van der Waals surface area contributed by atoms with E-state index in [9.17, 15) is 14.4 Å². The summed E-state index contributed by atoms with van der Waals surface area (Å²) in [6.45, 7) is 0.945. The summed E-state index contributed by atoms with van der Waals surface area (Å²) in [5.41, 5.74) is 3.14. The van der Waals surface area contributed by atoms with Crippen LogP contribution in [0.15, 0.2) is 42.5 Å². The van der Waals surface area contributed by atoms with Crippen LogP contribution in [-0.2, 0) is 11.3 Å². The van der Waals surface area contributed by atoms with Crippen LogP contribution >= 0.6 is 22.9 Å². The summed E-state index contributed by atoms with van der Waals surface area (Å²) >= 11 is 7.79. The van der Waals surface area contributed by atoms with Crippen LogP contribution in [-0.4, -0.2) is 63.5 Å². The molecule has 1 aliphatic rings. The number of likely N-dealkylation sites (N-methyl/N-ethyl adjacent to an activating group) is 1. The Morgan fingerprint density at radius 3 is 2.59 bits per heavy atom. The van der Waals surface area contributed by atoms with E-state index in [2.05, 4.69) is 10.2 Å². The van der Waals surface area contributed by atoms with Gasteiger partial charge in [0.2, 0.25) is 0 Å². The summed E-state index contributed by atoms with van der Waals surface area (Å²) in [7, 11) is 4.84. The molecule has 0 radical (unpaired) electrons. The first-order chi connectivity index (χ1) is 17.7. The molecule has 194 valence electrons. The van der Waals surface area contributed by atoms with Crippen molar-refractivity contribution >= 4 is 46.3 Å². The summed E-state index contributed by atoms with van der Waals surface area (Å²) in [4.78, 5) is 47.3. The van der Waals surface area contributed by atoms with Crippen molar-refractivity contribution in [2.45, 2.75) is 6.42 Å². The number of fused-ring (bicyclic) bond motifs is 3. The van der Waals surface area contributed by atoms with Crippen molar-refractivity contribution in [1.29, 1.82) is 0 Å². The molecule has 0 saturated carbocycles. The first kappa shape index (κ1) is 26.6. The molecule has 11 heteroatoms. The standard InChI is InChI=1S/C26H27ClN4O5S/c1-29-24(32)16-4-6-18-21(13-16)35-10-8-15-14-22(37-23(15)18)26(34)31(3)20-12-17(5-7-19(20)27)25(33)30(2)9-11-36-28/h4-7,12-14H,8-11,28H2,1-3H3,(H,29,32). The number of amides is 3. The zero-order valence-electron chi connectivity index (χ0n) is 20.7. The van der Waals surface area contributed by atoms with Crippen LogP contribution < -0.4 is 20.9 Å². The lowest BCUT2D eigenvalue weighted by Crippen LogP contribution is -2.31. The monoisotopic (exact) mass is 542 g/mol. The highest BCUT2D eigenvalue weighted by molar-refractivity contribution is 7.17. The molecule has 3 aromatic rings. The molecule has 3 N–H and O–H groups in total. The largest absolute Gasteiger partial charge is 0.493 e. The lowest BCUT2D eigenvalue weighted by molar-refractivity contribution is 0.0697. The first-order valence-corrected chi connectivity index (χ1v) is 12.7. The van der Waals surface area contributed by atoms with E-state index in [1.54, 1.807) is 51.5 Å². The Balaban J connectivity index is 1.62. The molecule has 2 aromatic carbocycles. The number of benzene rings is 2. The summed E-state index contributed by atoms with van der Waals surface area (Å²) in [6, 6.07) is 12.0. The molecular formula is C26H27ClN4O5S. The Hall–Kier alpha value is -3.44. The molecule has 2 heterocycles. The van der Waals surface area contributed by atoms with E-state index in [0.717, 1.165) is 16.0 Å². The van der Waals surface area contributed by atoms with Gasteiger partial charge in [0.1, 0.15) is 5.75 Å². The number of carbonyl (C=O) groups is 3. The summed E-state index contributed by atoms with van der Waals surface area (Å²) in [6.07, 6.45) is 0.621. The minimum Gasteiger partial charge on any atom is -0.493 e. The fraction of sp³-hybridized carbons (Fsp3) is 0.269. The van der Waals surface area contributed by atoms with Crippen LogP contribution in [0.3, 0.4) is 0 Å². The van der Waals surface area contributed by atoms with Crippen LogP contribution in [0.1, 0.15) is 36.0 Å². The van der Waals surface area contributed by atoms with Gasteiger partial charge in [-0.1, -0.05) is 11.6 Å². The number of rotatable bonds is 7. The van der Waals surface area contributed by atoms with E-state index in [1.165, 1.54) is 21.1 Å². The van der Waals surface area contributed by atoms with E-state index >= 15 is 0 Å². The maximum absolute atomic E-state index is 13.5. The lowest BCUT2D eigenvalue weighted by Gasteiger charge is -2.21. The molecule has 4 rings (SSSR count). The van der Waals surface area contributed by atoms with Crippen molar-refractivity contribution in [1.82, 2.24) is 10.2 Å². The van der Waals surface area contributed by atoms with E-state index in [1.807, 2.05) is 12.1 Å². The maximum atomic E-state index is 13.5. The topological polar surface area (TPSA) is 114 Å². The number of nitrogens with two attached hydrogens (primary N) is 1. The van der Waals surface area contributed by atoms with Crippen LogP contribution in [0.2, 0.25) is 5.02 Å². The third-order valence-electron chi connectivity index (χ3n) is 6.11. The minimum atomic E-state index is -0.251. The number of ether oxygens (including phenoxy) is 1. The summed E-state index contributed by atoms with van der Waals surface area (Å²) < 4.78 is 5.90. The Morgan fingerprint density at radius 2 is 1.86 bits per heavy atom.